The van der Waals surface area contributed by atoms with Gasteiger partial charge in [0.1, 0.15) is 0 Å². The molecule has 0 unspecified atom stereocenters. The van der Waals surface area contributed by atoms with E-state index in [1.54, 1.807) is 13.8 Å². The minimum atomic E-state index is -0.512. The summed E-state index contributed by atoms with van der Waals surface area (Å²) in [5.41, 5.74) is 1.79. The first-order valence-corrected chi connectivity index (χ1v) is 7.31. The summed E-state index contributed by atoms with van der Waals surface area (Å²) in [7, 11) is 0. The average Bonchev–Trinajstić information content (AvgIpc) is 2.51. The zero-order valence-corrected chi connectivity index (χ0v) is 12.8. The Hall–Kier alpha value is -2.65. The van der Waals surface area contributed by atoms with E-state index >= 15 is 0 Å². The highest BCUT2D eigenvalue weighted by Gasteiger charge is 2.17. The van der Waals surface area contributed by atoms with Crippen LogP contribution in [0, 0.1) is 23.7 Å². The lowest BCUT2D eigenvalue weighted by molar-refractivity contribution is -0.143. The fourth-order valence-electron chi connectivity index (χ4n) is 2.02. The van der Waals surface area contributed by atoms with Crippen molar-refractivity contribution in [2.45, 2.75) is 39.2 Å². The quantitative estimate of drug-likeness (QED) is 0.672. The van der Waals surface area contributed by atoms with Gasteiger partial charge in [-0.25, -0.2) is 4.79 Å². The van der Waals surface area contributed by atoms with Gasteiger partial charge in [-0.15, -0.1) is 0 Å². The van der Waals surface area contributed by atoms with E-state index in [1.165, 1.54) is 0 Å². The third-order valence-corrected chi connectivity index (χ3v) is 3.07. The minimum Gasteiger partial charge on any atom is -0.500 e. The largest absolute Gasteiger partial charge is 0.500 e. The van der Waals surface area contributed by atoms with Crippen LogP contribution in [-0.2, 0) is 9.53 Å². The van der Waals surface area contributed by atoms with Crippen LogP contribution in [0.3, 0.4) is 0 Å². The molecule has 0 saturated heterocycles. The molecule has 0 spiro atoms. The van der Waals surface area contributed by atoms with Crippen molar-refractivity contribution in [2.75, 3.05) is 0 Å². The first kappa shape index (κ1) is 15.7. The molecule has 1 N–H and O–H groups in total. The molecule has 1 aromatic rings. The van der Waals surface area contributed by atoms with Crippen LogP contribution >= 0.6 is 0 Å². The van der Waals surface area contributed by atoms with Crippen molar-refractivity contribution in [1.29, 1.82) is 0 Å². The highest BCUT2D eigenvalue weighted by molar-refractivity contribution is 5.90. The Morgan fingerprint density at radius 2 is 1.86 bits per heavy atom. The van der Waals surface area contributed by atoms with Gasteiger partial charge in [-0.3, -0.25) is 0 Å². The third kappa shape index (κ3) is 4.17. The Balaban J connectivity index is 2.41. The van der Waals surface area contributed by atoms with Crippen molar-refractivity contribution < 1.29 is 14.6 Å². The minimum absolute atomic E-state index is 0.220. The predicted octanol–water partition coefficient (Wildman–Crippen LogP) is 3.34. The number of rotatable bonds is 2. The maximum Gasteiger partial charge on any atom is 0.338 e. The molecule has 0 heterocycles. The zero-order chi connectivity index (χ0) is 15.9. The van der Waals surface area contributed by atoms with Gasteiger partial charge in [0.05, 0.1) is 11.7 Å². The van der Waals surface area contributed by atoms with Crippen LogP contribution in [0.15, 0.2) is 35.6 Å². The van der Waals surface area contributed by atoms with Crippen molar-refractivity contribution in [1.82, 2.24) is 0 Å². The molecule has 0 aliphatic heterocycles. The molecule has 0 fully saturated rings. The molecule has 0 atom stereocenters. The second-order valence-electron chi connectivity index (χ2n) is 5.23. The van der Waals surface area contributed by atoms with E-state index < -0.39 is 5.97 Å². The molecule has 0 amide bonds. The molecule has 0 bridgehead atoms. The lowest BCUT2D eigenvalue weighted by Crippen LogP contribution is -2.15. The van der Waals surface area contributed by atoms with Crippen LogP contribution in [0.1, 0.15) is 44.2 Å². The molecule has 3 heteroatoms. The number of aliphatic hydroxyl groups excluding tert-OH is 1. The lowest BCUT2D eigenvalue weighted by Gasteiger charge is -2.10. The summed E-state index contributed by atoms with van der Waals surface area (Å²) in [5.74, 6) is 11.0. The van der Waals surface area contributed by atoms with E-state index in [2.05, 4.69) is 23.7 Å². The van der Waals surface area contributed by atoms with Crippen molar-refractivity contribution in [2.24, 2.45) is 0 Å². The molecule has 112 valence electrons. The molecule has 0 saturated carbocycles. The van der Waals surface area contributed by atoms with Gasteiger partial charge < -0.3 is 9.84 Å². The van der Waals surface area contributed by atoms with Crippen LogP contribution in [0.25, 0.3) is 0 Å². The molecule has 1 aliphatic rings. The normalized spacial score (nSPS) is 17.2. The van der Waals surface area contributed by atoms with Gasteiger partial charge >= 0.3 is 5.97 Å². The summed E-state index contributed by atoms with van der Waals surface area (Å²) in [4.78, 5) is 12.1. The second-order valence-corrected chi connectivity index (χ2v) is 5.23. The number of carbonyl (C=O) groups excluding carboxylic acids is 1. The Labute approximate surface area is 131 Å². The van der Waals surface area contributed by atoms with Crippen LogP contribution in [0.5, 0.6) is 0 Å². The van der Waals surface area contributed by atoms with Gasteiger partial charge in [0, 0.05) is 17.5 Å². The van der Waals surface area contributed by atoms with Crippen LogP contribution in [0.4, 0.5) is 0 Å². The van der Waals surface area contributed by atoms with Gasteiger partial charge in [0.15, 0.2) is 5.76 Å². The number of carbonyl (C=O) groups is 1. The molecule has 3 nitrogen and oxygen atoms in total. The van der Waals surface area contributed by atoms with E-state index in [-0.39, 0.29) is 17.4 Å². The summed E-state index contributed by atoms with van der Waals surface area (Å²) < 4.78 is 5.17. The van der Waals surface area contributed by atoms with Gasteiger partial charge in [0.2, 0.25) is 0 Å². The molecular weight excluding hydrogens is 276 g/mol. The number of hydrogen-bond acceptors (Lipinski definition) is 3. The van der Waals surface area contributed by atoms with Crippen molar-refractivity contribution in [3.8, 4) is 23.7 Å². The van der Waals surface area contributed by atoms with Gasteiger partial charge in [-0.2, -0.15) is 0 Å². The summed E-state index contributed by atoms with van der Waals surface area (Å²) in [6.07, 6.45) is 1.47. The van der Waals surface area contributed by atoms with E-state index in [1.807, 2.05) is 24.3 Å². The average molecular weight is 294 g/mol. The number of aliphatic hydroxyl groups is 1. The second kappa shape index (κ2) is 7.38. The smallest absolute Gasteiger partial charge is 0.338 e. The van der Waals surface area contributed by atoms with E-state index in [9.17, 15) is 9.90 Å². The number of fused-ring (bicyclic) bond motifs is 1. The fourth-order valence-corrected chi connectivity index (χ4v) is 2.02. The first-order chi connectivity index (χ1) is 10.6. The summed E-state index contributed by atoms with van der Waals surface area (Å²) in [6.45, 7) is 3.54. The van der Waals surface area contributed by atoms with Gasteiger partial charge in [-0.1, -0.05) is 29.9 Å². The highest BCUT2D eigenvalue weighted by atomic mass is 16.5. The van der Waals surface area contributed by atoms with Gasteiger partial charge in [-0.05, 0) is 44.7 Å². The third-order valence-electron chi connectivity index (χ3n) is 3.07. The number of ether oxygens (including phenoxy) is 1. The monoisotopic (exact) mass is 294 g/mol. The topological polar surface area (TPSA) is 46.5 Å². The molecule has 1 aliphatic carbocycles. The van der Waals surface area contributed by atoms with E-state index in [4.69, 9.17) is 4.74 Å². The Bertz CT molecular complexity index is 718. The number of esters is 1. The summed E-state index contributed by atoms with van der Waals surface area (Å²) >= 11 is 0. The van der Waals surface area contributed by atoms with E-state index in [0.717, 1.165) is 11.1 Å². The summed E-state index contributed by atoms with van der Waals surface area (Å²) in [6, 6.07) is 7.50. The zero-order valence-electron chi connectivity index (χ0n) is 12.8. The predicted molar refractivity (Wildman–Crippen MR) is 84.9 cm³/mol. The Morgan fingerprint density at radius 1 is 1.18 bits per heavy atom. The number of hydrogen-bond donors (Lipinski definition) is 1. The highest BCUT2D eigenvalue weighted by Crippen LogP contribution is 2.15. The van der Waals surface area contributed by atoms with Crippen LogP contribution in [0.2, 0.25) is 0 Å². The molecular formula is C19H18O3. The summed E-state index contributed by atoms with van der Waals surface area (Å²) in [5, 5.41) is 10.2. The van der Waals surface area contributed by atoms with Gasteiger partial charge in [0.25, 0.3) is 0 Å². The number of allylic oxidation sites excluding steroid dienone is 1. The van der Waals surface area contributed by atoms with Crippen LogP contribution in [-0.4, -0.2) is 17.2 Å². The van der Waals surface area contributed by atoms with Crippen molar-refractivity contribution in [3.05, 3.63) is 46.7 Å². The molecule has 1 aromatic carbocycles. The molecule has 0 aromatic heterocycles. The standard InChI is InChI=1S/C19H18O3/c1-14(2)22-19(21)17-11-5-3-4-8-15-9-6-7-10-16(15)12-13-18(17)20/h6-7,9-10,14,20H,3,5,11H2,1-2H3/b18-17-. The SMILES string of the molecule is CC(C)OC(=O)/C1=C(\O)C#Cc2ccccc2C#CCCC1. The van der Waals surface area contributed by atoms with Crippen molar-refractivity contribution in [3.63, 3.8) is 0 Å². The molecule has 22 heavy (non-hydrogen) atoms. The van der Waals surface area contributed by atoms with Crippen LogP contribution < -0.4 is 0 Å². The maximum atomic E-state index is 12.1. The molecule has 2 rings (SSSR count). The fraction of sp³-hybridized carbons (Fsp3) is 0.316. The van der Waals surface area contributed by atoms with Crippen molar-refractivity contribution >= 4 is 5.97 Å². The number of benzene rings is 1. The maximum absolute atomic E-state index is 12.1. The Morgan fingerprint density at radius 3 is 2.55 bits per heavy atom. The molecule has 0 radical (unpaired) electrons. The lowest BCUT2D eigenvalue weighted by atomic mass is 10.1. The first-order valence-electron chi connectivity index (χ1n) is 7.31. The Kier molecular flexibility index (Phi) is 5.28. The van der Waals surface area contributed by atoms with E-state index in [0.29, 0.717) is 19.3 Å².